The van der Waals surface area contributed by atoms with Gasteiger partial charge in [-0.05, 0) is 25.0 Å². The maximum absolute atomic E-state index is 13.0. The SMILES string of the molecule is O=C(C1CC(F)(F)C1)N1CC2CN(c3ccc(C4CC4)nn3)CC2C1. The molecule has 0 aromatic carbocycles. The lowest BCUT2D eigenvalue weighted by Gasteiger charge is -2.36. The lowest BCUT2D eigenvalue weighted by molar-refractivity contribution is -0.159. The van der Waals surface area contributed by atoms with Crippen LogP contribution in [0.5, 0.6) is 0 Å². The molecule has 2 unspecified atom stereocenters. The summed E-state index contributed by atoms with van der Waals surface area (Å²) >= 11 is 0. The molecule has 0 radical (unpaired) electrons. The van der Waals surface area contributed by atoms with Crippen LogP contribution < -0.4 is 4.90 Å². The number of hydrogen-bond donors (Lipinski definition) is 0. The molecule has 5 rings (SSSR count). The Bertz CT molecular complexity index is 669. The number of likely N-dealkylation sites (tertiary alicyclic amines) is 1. The van der Waals surface area contributed by atoms with Crippen molar-refractivity contribution in [2.45, 2.75) is 37.5 Å². The Balaban J connectivity index is 1.18. The van der Waals surface area contributed by atoms with E-state index in [1.54, 1.807) is 0 Å². The van der Waals surface area contributed by atoms with Gasteiger partial charge in [-0.1, -0.05) is 0 Å². The molecule has 2 aliphatic carbocycles. The van der Waals surface area contributed by atoms with Crippen molar-refractivity contribution in [3.63, 3.8) is 0 Å². The predicted molar refractivity (Wildman–Crippen MR) is 87.5 cm³/mol. The molecular formula is C18H22F2N4O. The zero-order chi connectivity index (χ0) is 17.2. The number of alkyl halides is 2. The van der Waals surface area contributed by atoms with Crippen molar-refractivity contribution in [1.29, 1.82) is 0 Å². The number of rotatable bonds is 3. The molecular weight excluding hydrogens is 326 g/mol. The molecule has 1 aromatic heterocycles. The van der Waals surface area contributed by atoms with Crippen LogP contribution in [0, 0.1) is 17.8 Å². The molecule has 2 saturated carbocycles. The quantitative estimate of drug-likeness (QED) is 0.841. The standard InChI is InChI=1S/C18H22F2N4O/c19-18(20)5-12(6-18)17(25)24-9-13-7-23(8-14(13)10-24)16-4-3-15(21-22-16)11-1-2-11/h3-4,11-14H,1-2,5-10H2. The van der Waals surface area contributed by atoms with Gasteiger partial charge in [-0.2, -0.15) is 5.10 Å². The Morgan fingerprint density at radius 1 is 1.04 bits per heavy atom. The fourth-order valence-electron chi connectivity index (χ4n) is 4.56. The summed E-state index contributed by atoms with van der Waals surface area (Å²) in [5, 5.41) is 8.73. The van der Waals surface area contributed by atoms with Gasteiger partial charge < -0.3 is 9.80 Å². The predicted octanol–water partition coefficient (Wildman–Crippen LogP) is 2.29. The topological polar surface area (TPSA) is 49.3 Å². The number of anilines is 1. The molecule has 1 aromatic rings. The summed E-state index contributed by atoms with van der Waals surface area (Å²) < 4.78 is 26.0. The average molecular weight is 348 g/mol. The van der Waals surface area contributed by atoms with Gasteiger partial charge in [0.2, 0.25) is 11.8 Å². The molecule has 5 nitrogen and oxygen atoms in total. The Kier molecular flexibility index (Phi) is 3.31. The van der Waals surface area contributed by atoms with E-state index in [1.807, 2.05) is 4.90 Å². The zero-order valence-electron chi connectivity index (χ0n) is 14.1. The minimum Gasteiger partial charge on any atom is -0.354 e. The molecule has 2 aliphatic heterocycles. The Hall–Kier alpha value is -1.79. The molecule has 0 bridgehead atoms. The van der Waals surface area contributed by atoms with Crippen LogP contribution in [0.1, 0.15) is 37.3 Å². The van der Waals surface area contributed by atoms with E-state index in [2.05, 4.69) is 27.2 Å². The highest BCUT2D eigenvalue weighted by Gasteiger charge is 2.51. The summed E-state index contributed by atoms with van der Waals surface area (Å²) in [4.78, 5) is 16.4. The maximum Gasteiger partial charge on any atom is 0.249 e. The largest absolute Gasteiger partial charge is 0.354 e. The van der Waals surface area contributed by atoms with Gasteiger partial charge in [0.05, 0.1) is 5.69 Å². The minimum atomic E-state index is -2.63. The van der Waals surface area contributed by atoms with E-state index in [1.165, 1.54) is 12.8 Å². The first kappa shape index (κ1) is 15.5. The molecule has 4 fully saturated rings. The lowest BCUT2D eigenvalue weighted by atomic mass is 9.80. The fourth-order valence-corrected chi connectivity index (χ4v) is 4.56. The second-order valence-corrected chi connectivity index (χ2v) is 8.22. The number of fused-ring (bicyclic) bond motifs is 1. The molecule has 2 atom stereocenters. The molecule has 2 saturated heterocycles. The lowest BCUT2D eigenvalue weighted by Crippen LogP contribution is -2.46. The van der Waals surface area contributed by atoms with Crippen LogP contribution >= 0.6 is 0 Å². The monoisotopic (exact) mass is 348 g/mol. The van der Waals surface area contributed by atoms with Crippen LogP contribution in [0.25, 0.3) is 0 Å². The number of carbonyl (C=O) groups is 1. The van der Waals surface area contributed by atoms with E-state index in [0.29, 0.717) is 30.8 Å². The summed E-state index contributed by atoms with van der Waals surface area (Å²) in [6.07, 6.45) is 1.90. The van der Waals surface area contributed by atoms with Crippen molar-refractivity contribution >= 4 is 11.7 Å². The van der Waals surface area contributed by atoms with Gasteiger partial charge in [-0.25, -0.2) is 8.78 Å². The highest BCUT2D eigenvalue weighted by molar-refractivity contribution is 5.80. The second kappa shape index (κ2) is 5.35. The normalized spacial score (nSPS) is 31.1. The van der Waals surface area contributed by atoms with Gasteiger partial charge in [0.25, 0.3) is 0 Å². The molecule has 25 heavy (non-hydrogen) atoms. The third-order valence-electron chi connectivity index (χ3n) is 6.23. The molecule has 0 spiro atoms. The van der Waals surface area contributed by atoms with Crippen LogP contribution in [0.3, 0.4) is 0 Å². The summed E-state index contributed by atoms with van der Waals surface area (Å²) in [7, 11) is 0. The molecule has 1 amide bonds. The number of carbonyl (C=O) groups excluding carboxylic acids is 1. The van der Waals surface area contributed by atoms with Gasteiger partial charge in [0.15, 0.2) is 5.82 Å². The smallest absolute Gasteiger partial charge is 0.249 e. The number of nitrogens with zero attached hydrogens (tertiary/aromatic N) is 4. The molecule has 4 aliphatic rings. The van der Waals surface area contributed by atoms with Crippen molar-refractivity contribution in [2.24, 2.45) is 17.8 Å². The Morgan fingerprint density at radius 3 is 2.24 bits per heavy atom. The van der Waals surface area contributed by atoms with Crippen LogP contribution in [0.4, 0.5) is 14.6 Å². The highest BCUT2D eigenvalue weighted by atomic mass is 19.3. The first-order chi connectivity index (χ1) is 12.0. The van der Waals surface area contributed by atoms with Crippen molar-refractivity contribution < 1.29 is 13.6 Å². The minimum absolute atomic E-state index is 0.0690. The van der Waals surface area contributed by atoms with Gasteiger partial charge in [-0.15, -0.1) is 5.10 Å². The highest BCUT2D eigenvalue weighted by Crippen LogP contribution is 2.44. The van der Waals surface area contributed by atoms with E-state index in [9.17, 15) is 13.6 Å². The van der Waals surface area contributed by atoms with Crippen LogP contribution in [-0.2, 0) is 4.79 Å². The number of aromatic nitrogens is 2. The van der Waals surface area contributed by atoms with E-state index >= 15 is 0 Å². The Labute approximate surface area is 145 Å². The van der Waals surface area contributed by atoms with Gasteiger partial charge in [0, 0.05) is 62.7 Å². The zero-order valence-corrected chi connectivity index (χ0v) is 14.1. The van der Waals surface area contributed by atoms with E-state index in [0.717, 1.165) is 24.6 Å². The number of hydrogen-bond acceptors (Lipinski definition) is 4. The molecule has 7 heteroatoms. The van der Waals surface area contributed by atoms with Gasteiger partial charge in [0.1, 0.15) is 0 Å². The second-order valence-electron chi connectivity index (χ2n) is 8.22. The van der Waals surface area contributed by atoms with Crippen molar-refractivity contribution in [3.8, 4) is 0 Å². The molecule has 134 valence electrons. The molecule has 0 N–H and O–H groups in total. The van der Waals surface area contributed by atoms with E-state index in [-0.39, 0.29) is 18.7 Å². The Morgan fingerprint density at radius 2 is 1.72 bits per heavy atom. The van der Waals surface area contributed by atoms with E-state index < -0.39 is 11.8 Å². The van der Waals surface area contributed by atoms with Crippen LogP contribution in [0.15, 0.2) is 12.1 Å². The average Bonchev–Trinajstić information content (AvgIpc) is 3.22. The summed E-state index contributed by atoms with van der Waals surface area (Å²) in [6.45, 7) is 3.12. The summed E-state index contributed by atoms with van der Waals surface area (Å²) in [5.74, 6) is -0.818. The summed E-state index contributed by atoms with van der Waals surface area (Å²) in [5.41, 5.74) is 1.09. The fraction of sp³-hybridized carbons (Fsp3) is 0.722. The summed E-state index contributed by atoms with van der Waals surface area (Å²) in [6, 6.07) is 4.14. The van der Waals surface area contributed by atoms with Gasteiger partial charge in [-0.3, -0.25) is 4.79 Å². The third kappa shape index (κ3) is 2.77. The maximum atomic E-state index is 13.0. The first-order valence-electron chi connectivity index (χ1n) is 9.24. The van der Waals surface area contributed by atoms with E-state index in [4.69, 9.17) is 0 Å². The third-order valence-corrected chi connectivity index (χ3v) is 6.23. The molecule has 3 heterocycles. The van der Waals surface area contributed by atoms with Crippen molar-refractivity contribution in [1.82, 2.24) is 15.1 Å². The van der Waals surface area contributed by atoms with Gasteiger partial charge >= 0.3 is 0 Å². The number of halogens is 2. The van der Waals surface area contributed by atoms with Crippen LogP contribution in [0.2, 0.25) is 0 Å². The van der Waals surface area contributed by atoms with Crippen LogP contribution in [-0.4, -0.2) is 53.1 Å². The van der Waals surface area contributed by atoms with Crippen molar-refractivity contribution in [3.05, 3.63) is 17.8 Å². The number of amides is 1. The first-order valence-corrected chi connectivity index (χ1v) is 9.24. The van der Waals surface area contributed by atoms with Crippen molar-refractivity contribution in [2.75, 3.05) is 31.1 Å².